The van der Waals surface area contributed by atoms with Crippen molar-refractivity contribution >= 4 is 11.7 Å². The number of carbonyl (C=O) groups is 1. The molecule has 1 fully saturated rings. The Hall–Kier alpha value is -3.35. The number of hydrogen-bond donors (Lipinski definition) is 2. The fourth-order valence-electron chi connectivity index (χ4n) is 4.96. The van der Waals surface area contributed by atoms with Crippen LogP contribution in [0.15, 0.2) is 72.8 Å². The van der Waals surface area contributed by atoms with Gasteiger partial charge in [-0.2, -0.15) is 0 Å². The number of esters is 1. The van der Waals surface area contributed by atoms with E-state index in [-0.39, 0.29) is 11.5 Å². The molecule has 0 aliphatic carbocycles. The second kappa shape index (κ2) is 8.89. The summed E-state index contributed by atoms with van der Waals surface area (Å²) < 4.78 is 11.3. The van der Waals surface area contributed by atoms with Crippen molar-refractivity contribution in [2.45, 2.75) is 18.7 Å². The van der Waals surface area contributed by atoms with E-state index in [4.69, 9.17) is 9.47 Å². The summed E-state index contributed by atoms with van der Waals surface area (Å²) in [6.45, 7) is 6.08. The van der Waals surface area contributed by atoms with Gasteiger partial charge in [0.25, 0.3) is 0 Å². The summed E-state index contributed by atoms with van der Waals surface area (Å²) in [5, 5.41) is 6.81. The summed E-state index contributed by atoms with van der Waals surface area (Å²) in [6.07, 6.45) is -0.478. The van der Waals surface area contributed by atoms with E-state index in [9.17, 15) is 4.79 Å². The first-order valence-corrected chi connectivity index (χ1v) is 11.4. The molecule has 6 heteroatoms. The normalized spacial score (nSPS) is 19.9. The lowest BCUT2D eigenvalue weighted by Gasteiger charge is -2.45. The van der Waals surface area contributed by atoms with Crippen molar-refractivity contribution in [3.63, 3.8) is 0 Å². The topological polar surface area (TPSA) is 62.8 Å². The summed E-state index contributed by atoms with van der Waals surface area (Å²) in [7, 11) is 1.73. The standard InChI is InChI=1S/C27H29N3O3/c1-27(30-17-15-28-16-18-30,23-9-5-6-10-24(23)32-2)19-11-13-20(14-12-19)29-25-21-7-3-4-8-22(21)26(31)33-25/h3-14,25,28-29H,15-18H2,1-2H3. The van der Waals surface area contributed by atoms with Crippen LogP contribution in [-0.2, 0) is 10.3 Å². The van der Waals surface area contributed by atoms with Crippen molar-refractivity contribution in [2.75, 3.05) is 38.6 Å². The van der Waals surface area contributed by atoms with E-state index < -0.39 is 6.23 Å². The maximum Gasteiger partial charge on any atom is 0.340 e. The predicted octanol–water partition coefficient (Wildman–Crippen LogP) is 4.15. The fourth-order valence-corrected chi connectivity index (χ4v) is 4.96. The molecular formula is C27H29N3O3. The van der Waals surface area contributed by atoms with Crippen molar-refractivity contribution in [1.29, 1.82) is 0 Å². The Labute approximate surface area is 194 Å². The number of benzene rings is 3. The first-order valence-electron chi connectivity index (χ1n) is 11.4. The van der Waals surface area contributed by atoms with E-state index in [1.54, 1.807) is 13.2 Å². The van der Waals surface area contributed by atoms with E-state index >= 15 is 0 Å². The van der Waals surface area contributed by atoms with Gasteiger partial charge in [-0.3, -0.25) is 4.90 Å². The number of piperazine rings is 1. The number of hydrogen-bond acceptors (Lipinski definition) is 6. The van der Waals surface area contributed by atoms with Gasteiger partial charge in [-0.25, -0.2) is 4.79 Å². The van der Waals surface area contributed by atoms with Gasteiger partial charge in [0.15, 0.2) is 0 Å². The predicted molar refractivity (Wildman–Crippen MR) is 129 cm³/mol. The van der Waals surface area contributed by atoms with Crippen LogP contribution in [-0.4, -0.2) is 44.2 Å². The molecule has 0 radical (unpaired) electrons. The Bertz CT molecular complexity index is 1140. The van der Waals surface area contributed by atoms with Crippen molar-refractivity contribution in [3.8, 4) is 5.75 Å². The van der Waals surface area contributed by atoms with Crippen LogP contribution in [0.3, 0.4) is 0 Å². The maximum absolute atomic E-state index is 12.2. The number of rotatable bonds is 6. The van der Waals surface area contributed by atoms with Gasteiger partial charge in [-0.05, 0) is 36.8 Å². The quantitative estimate of drug-likeness (QED) is 0.558. The van der Waals surface area contributed by atoms with Crippen LogP contribution in [0.1, 0.15) is 40.2 Å². The fraction of sp³-hybridized carbons (Fsp3) is 0.296. The van der Waals surface area contributed by atoms with Gasteiger partial charge in [0, 0.05) is 43.0 Å². The summed E-state index contributed by atoms with van der Waals surface area (Å²) in [4.78, 5) is 14.7. The maximum atomic E-state index is 12.2. The molecule has 2 aliphatic rings. The first-order chi connectivity index (χ1) is 16.1. The molecule has 0 bridgehead atoms. The van der Waals surface area contributed by atoms with E-state index in [0.29, 0.717) is 5.56 Å². The SMILES string of the molecule is COc1ccccc1C(C)(c1ccc(NC2OC(=O)c3ccccc32)cc1)N1CCNCC1. The second-order valence-electron chi connectivity index (χ2n) is 8.60. The highest BCUT2D eigenvalue weighted by molar-refractivity contribution is 5.94. The van der Waals surface area contributed by atoms with Crippen LogP contribution in [0.5, 0.6) is 5.75 Å². The zero-order valence-electron chi connectivity index (χ0n) is 19.0. The van der Waals surface area contributed by atoms with Gasteiger partial charge >= 0.3 is 5.97 Å². The lowest BCUT2D eigenvalue weighted by Crippen LogP contribution is -2.53. The van der Waals surface area contributed by atoms with Crippen molar-refractivity contribution < 1.29 is 14.3 Å². The van der Waals surface area contributed by atoms with Crippen molar-refractivity contribution in [1.82, 2.24) is 10.2 Å². The van der Waals surface area contributed by atoms with Gasteiger partial charge in [-0.1, -0.05) is 48.5 Å². The lowest BCUT2D eigenvalue weighted by atomic mass is 9.81. The van der Waals surface area contributed by atoms with Crippen LogP contribution in [0.4, 0.5) is 5.69 Å². The number of nitrogens with zero attached hydrogens (tertiary/aromatic N) is 1. The molecule has 170 valence electrons. The average molecular weight is 444 g/mol. The molecule has 2 N–H and O–H groups in total. The minimum absolute atomic E-state index is 0.290. The Balaban J connectivity index is 1.47. The van der Waals surface area contributed by atoms with Crippen LogP contribution < -0.4 is 15.4 Å². The smallest absolute Gasteiger partial charge is 0.340 e. The van der Waals surface area contributed by atoms with Gasteiger partial charge in [-0.15, -0.1) is 0 Å². The molecule has 0 saturated carbocycles. The van der Waals surface area contributed by atoms with Gasteiger partial charge in [0.2, 0.25) is 6.23 Å². The molecule has 0 aromatic heterocycles. The van der Waals surface area contributed by atoms with Gasteiger partial charge < -0.3 is 20.1 Å². The molecule has 2 unspecified atom stereocenters. The van der Waals surface area contributed by atoms with Gasteiger partial charge in [0.05, 0.1) is 18.2 Å². The highest BCUT2D eigenvalue weighted by atomic mass is 16.6. The van der Waals surface area contributed by atoms with Crippen molar-refractivity contribution in [2.24, 2.45) is 0 Å². The monoisotopic (exact) mass is 443 g/mol. The largest absolute Gasteiger partial charge is 0.496 e. The molecule has 5 rings (SSSR count). The average Bonchev–Trinajstić information content (AvgIpc) is 3.19. The molecule has 2 atom stereocenters. The summed E-state index contributed by atoms with van der Waals surface area (Å²) in [5.41, 5.74) is 4.37. The third-order valence-corrected chi connectivity index (χ3v) is 6.81. The molecule has 33 heavy (non-hydrogen) atoms. The minimum Gasteiger partial charge on any atom is -0.496 e. The highest BCUT2D eigenvalue weighted by Gasteiger charge is 2.38. The van der Waals surface area contributed by atoms with Crippen LogP contribution in [0.25, 0.3) is 0 Å². The molecule has 3 aromatic carbocycles. The number of ether oxygens (including phenoxy) is 2. The number of carbonyl (C=O) groups excluding carboxylic acids is 1. The molecular weight excluding hydrogens is 414 g/mol. The van der Waals surface area contributed by atoms with Crippen LogP contribution in [0, 0.1) is 0 Å². The number of para-hydroxylation sites is 1. The van der Waals surface area contributed by atoms with Crippen LogP contribution in [0.2, 0.25) is 0 Å². The molecule has 2 heterocycles. The Kier molecular flexibility index (Phi) is 5.79. The summed E-state index contributed by atoms with van der Waals surface area (Å²) >= 11 is 0. The molecule has 6 nitrogen and oxygen atoms in total. The molecule has 2 aliphatic heterocycles. The number of anilines is 1. The third-order valence-electron chi connectivity index (χ3n) is 6.81. The highest BCUT2D eigenvalue weighted by Crippen LogP contribution is 2.41. The third kappa shape index (κ3) is 3.86. The molecule has 0 amide bonds. The summed E-state index contributed by atoms with van der Waals surface area (Å²) in [5.74, 6) is 0.595. The zero-order chi connectivity index (χ0) is 22.8. The van der Waals surface area contributed by atoms with Gasteiger partial charge in [0.1, 0.15) is 5.75 Å². The number of cyclic esters (lactones) is 1. The van der Waals surface area contributed by atoms with E-state index in [2.05, 4.69) is 58.9 Å². The molecule has 1 saturated heterocycles. The number of methoxy groups -OCH3 is 1. The Morgan fingerprint density at radius 3 is 2.45 bits per heavy atom. The van der Waals surface area contributed by atoms with E-state index in [0.717, 1.165) is 48.7 Å². The second-order valence-corrected chi connectivity index (χ2v) is 8.60. The van der Waals surface area contributed by atoms with E-state index in [1.807, 2.05) is 30.3 Å². The Morgan fingerprint density at radius 1 is 1.00 bits per heavy atom. The first kappa shape index (κ1) is 21.5. The van der Waals surface area contributed by atoms with Crippen LogP contribution >= 0.6 is 0 Å². The van der Waals surface area contributed by atoms with E-state index in [1.165, 1.54) is 5.56 Å². The lowest BCUT2D eigenvalue weighted by molar-refractivity contribution is 0.0437. The Morgan fingerprint density at radius 2 is 1.70 bits per heavy atom. The molecule has 3 aromatic rings. The van der Waals surface area contributed by atoms with Crippen molar-refractivity contribution in [3.05, 3.63) is 95.1 Å². The zero-order valence-corrected chi connectivity index (χ0v) is 19.0. The summed E-state index contributed by atoms with van der Waals surface area (Å²) in [6, 6.07) is 24.2. The minimum atomic E-state index is -0.478. The molecule has 0 spiro atoms. The number of fused-ring (bicyclic) bond motifs is 1. The number of nitrogens with one attached hydrogen (secondary N) is 2.